The largest absolute Gasteiger partial charge is 0.493 e. The molecule has 0 spiro atoms. The van der Waals surface area contributed by atoms with Gasteiger partial charge in [-0.15, -0.1) is 0 Å². The lowest BCUT2D eigenvalue weighted by atomic mass is 9.96. The Morgan fingerprint density at radius 3 is 1.87 bits per heavy atom. The van der Waals surface area contributed by atoms with Crippen molar-refractivity contribution in [3.8, 4) is 28.0 Å². The van der Waals surface area contributed by atoms with Crippen LogP contribution in [0.5, 0.6) is 5.75 Å². The first kappa shape index (κ1) is 36.8. The summed E-state index contributed by atoms with van der Waals surface area (Å²) < 4.78 is 17.4. The molecule has 0 fully saturated rings. The predicted octanol–water partition coefficient (Wildman–Crippen LogP) is 8.60. The van der Waals surface area contributed by atoms with Crippen LogP contribution in [0.3, 0.4) is 0 Å². The molecule has 248 valence electrons. The molecule has 0 atom stereocenters. The van der Waals surface area contributed by atoms with E-state index in [1.807, 2.05) is 12.1 Å². The van der Waals surface area contributed by atoms with Crippen molar-refractivity contribution < 1.29 is 28.9 Å². The molecule has 0 unspecified atom stereocenters. The van der Waals surface area contributed by atoms with Crippen molar-refractivity contribution in [2.75, 3.05) is 13.2 Å². The molecule has 0 radical (unpaired) electrons. The Labute approximate surface area is 276 Å². The second kappa shape index (κ2) is 17.9. The lowest BCUT2D eigenvalue weighted by Gasteiger charge is -2.23. The third kappa shape index (κ3) is 10.7. The van der Waals surface area contributed by atoms with Gasteiger partial charge in [0.05, 0.1) is 20.6 Å². The SMILES string of the molecule is C=C(C)C(=O)OCc1cc(-c2ccc(-c3ccc([Si](C)(C)CCCC)cc3)cc2)cc(COC(=O)C(C)C)c1OCCCCCO. The average molecular weight is 645 g/mol. The zero-order chi connectivity index (χ0) is 33.7. The van der Waals surface area contributed by atoms with Gasteiger partial charge in [0, 0.05) is 23.3 Å². The topological polar surface area (TPSA) is 82.1 Å². The zero-order valence-electron chi connectivity index (χ0n) is 28.6. The molecular formula is C39H52O6Si. The van der Waals surface area contributed by atoms with E-state index in [9.17, 15) is 9.59 Å². The monoisotopic (exact) mass is 644 g/mol. The van der Waals surface area contributed by atoms with E-state index in [0.717, 1.165) is 29.5 Å². The summed E-state index contributed by atoms with van der Waals surface area (Å²) >= 11 is 0. The lowest BCUT2D eigenvalue weighted by Crippen LogP contribution is -2.40. The van der Waals surface area contributed by atoms with Crippen molar-refractivity contribution in [1.29, 1.82) is 0 Å². The van der Waals surface area contributed by atoms with E-state index in [4.69, 9.17) is 19.3 Å². The summed E-state index contributed by atoms with van der Waals surface area (Å²) in [6.07, 6.45) is 4.77. The average Bonchev–Trinajstić information content (AvgIpc) is 3.05. The molecule has 0 bridgehead atoms. The zero-order valence-corrected chi connectivity index (χ0v) is 29.6. The van der Waals surface area contributed by atoms with Crippen LogP contribution in [0.1, 0.15) is 70.9 Å². The predicted molar refractivity (Wildman–Crippen MR) is 190 cm³/mol. The fraction of sp³-hybridized carbons (Fsp3) is 0.436. The minimum atomic E-state index is -1.44. The van der Waals surface area contributed by atoms with E-state index in [-0.39, 0.29) is 31.7 Å². The number of rotatable bonds is 18. The van der Waals surface area contributed by atoms with Crippen LogP contribution in [0.25, 0.3) is 22.3 Å². The van der Waals surface area contributed by atoms with Gasteiger partial charge in [-0.2, -0.15) is 0 Å². The fourth-order valence-corrected chi connectivity index (χ4v) is 7.80. The van der Waals surface area contributed by atoms with Gasteiger partial charge in [-0.3, -0.25) is 4.79 Å². The second-order valence-corrected chi connectivity index (χ2v) is 17.9. The molecule has 0 aliphatic rings. The molecule has 0 amide bonds. The number of unbranched alkanes of at least 4 members (excludes halogenated alkanes) is 3. The number of aliphatic hydroxyl groups excluding tert-OH is 1. The maximum absolute atomic E-state index is 12.4. The van der Waals surface area contributed by atoms with Gasteiger partial charge in [-0.05, 0) is 60.6 Å². The first-order valence-corrected chi connectivity index (χ1v) is 19.8. The molecule has 0 saturated heterocycles. The van der Waals surface area contributed by atoms with Crippen molar-refractivity contribution >= 4 is 25.2 Å². The van der Waals surface area contributed by atoms with Crippen molar-refractivity contribution in [3.05, 3.63) is 83.9 Å². The smallest absolute Gasteiger partial charge is 0.333 e. The third-order valence-electron chi connectivity index (χ3n) is 8.21. The highest BCUT2D eigenvalue weighted by atomic mass is 28.3. The summed E-state index contributed by atoms with van der Waals surface area (Å²) in [5.74, 6) is -0.519. The Balaban J connectivity index is 1.96. The van der Waals surface area contributed by atoms with Gasteiger partial charge in [0.15, 0.2) is 0 Å². The van der Waals surface area contributed by atoms with Gasteiger partial charge < -0.3 is 19.3 Å². The molecule has 0 aromatic heterocycles. The lowest BCUT2D eigenvalue weighted by molar-refractivity contribution is -0.148. The number of carbonyl (C=O) groups excluding carboxylic acids is 2. The molecule has 46 heavy (non-hydrogen) atoms. The molecule has 1 N–H and O–H groups in total. The van der Waals surface area contributed by atoms with Crippen molar-refractivity contribution in [2.24, 2.45) is 5.92 Å². The Kier molecular flexibility index (Phi) is 14.3. The van der Waals surface area contributed by atoms with Crippen molar-refractivity contribution in [2.45, 2.75) is 92.2 Å². The first-order valence-electron chi connectivity index (χ1n) is 16.6. The van der Waals surface area contributed by atoms with Gasteiger partial charge in [0.2, 0.25) is 0 Å². The van der Waals surface area contributed by atoms with Gasteiger partial charge >= 0.3 is 11.9 Å². The molecular weight excluding hydrogens is 593 g/mol. The molecule has 0 aliphatic carbocycles. The van der Waals surface area contributed by atoms with Crippen LogP contribution in [0.2, 0.25) is 19.1 Å². The number of carbonyl (C=O) groups is 2. The maximum Gasteiger partial charge on any atom is 0.333 e. The number of aliphatic hydroxyl groups is 1. The summed E-state index contributed by atoms with van der Waals surface area (Å²) in [4.78, 5) is 24.8. The van der Waals surface area contributed by atoms with E-state index in [2.05, 4.69) is 75.1 Å². The van der Waals surface area contributed by atoms with Crippen molar-refractivity contribution in [3.63, 3.8) is 0 Å². The normalized spacial score (nSPS) is 11.4. The van der Waals surface area contributed by atoms with E-state index in [1.165, 1.54) is 29.6 Å². The fourth-order valence-electron chi connectivity index (χ4n) is 5.20. The third-order valence-corrected chi connectivity index (χ3v) is 11.7. The molecule has 3 aromatic rings. The quantitative estimate of drug-likeness (QED) is 0.0647. The number of benzene rings is 3. The van der Waals surface area contributed by atoms with Crippen LogP contribution in [0, 0.1) is 5.92 Å². The summed E-state index contributed by atoms with van der Waals surface area (Å²) in [5.41, 5.74) is 5.87. The minimum absolute atomic E-state index is 0.0149. The van der Waals surface area contributed by atoms with E-state index in [1.54, 1.807) is 20.8 Å². The van der Waals surface area contributed by atoms with E-state index >= 15 is 0 Å². The first-order chi connectivity index (χ1) is 22.0. The summed E-state index contributed by atoms with van der Waals surface area (Å²) in [6, 6.07) is 22.7. The van der Waals surface area contributed by atoms with Crippen molar-refractivity contribution in [1.82, 2.24) is 0 Å². The molecule has 0 heterocycles. The van der Waals surface area contributed by atoms with E-state index < -0.39 is 14.0 Å². The second-order valence-electron chi connectivity index (χ2n) is 13.0. The van der Waals surface area contributed by atoms with Crippen LogP contribution in [0.15, 0.2) is 72.8 Å². The van der Waals surface area contributed by atoms with Gasteiger partial charge in [-0.25, -0.2) is 4.79 Å². The molecule has 0 saturated carbocycles. The summed E-state index contributed by atoms with van der Waals surface area (Å²) in [5, 5.41) is 10.6. The van der Waals surface area contributed by atoms with Gasteiger partial charge in [0.1, 0.15) is 19.0 Å². The number of ether oxygens (including phenoxy) is 3. The maximum atomic E-state index is 12.4. The highest BCUT2D eigenvalue weighted by Gasteiger charge is 2.22. The van der Waals surface area contributed by atoms with Crippen LogP contribution < -0.4 is 9.92 Å². The van der Waals surface area contributed by atoms with Gasteiger partial charge in [0.25, 0.3) is 0 Å². The summed E-state index contributed by atoms with van der Waals surface area (Å²) in [6.45, 7) is 16.6. The molecule has 7 heteroatoms. The Morgan fingerprint density at radius 2 is 1.35 bits per heavy atom. The van der Waals surface area contributed by atoms with Crippen LogP contribution in [-0.4, -0.2) is 38.3 Å². The number of esters is 2. The molecule has 3 rings (SSSR count). The standard InChI is InChI=1S/C39H52O6Si/c1-8-9-23-46(6,7)36-19-17-31(18-20-36)30-13-15-32(16-14-30)33-24-34(26-44-38(41)28(2)3)37(43-22-12-10-11-21-40)35(25-33)27-45-39(42)29(4)5/h13-20,24-25,29,40H,2,8-12,21-23,26-27H2,1,3-7H3. The molecule has 3 aromatic carbocycles. The van der Waals surface area contributed by atoms with Crippen LogP contribution >= 0.6 is 0 Å². The number of hydrogen-bond acceptors (Lipinski definition) is 6. The highest BCUT2D eigenvalue weighted by molar-refractivity contribution is 6.89. The molecule has 0 aliphatic heterocycles. The number of hydrogen-bond donors (Lipinski definition) is 1. The molecule has 6 nitrogen and oxygen atoms in total. The Bertz CT molecular complexity index is 1440. The highest BCUT2D eigenvalue weighted by Crippen LogP contribution is 2.34. The van der Waals surface area contributed by atoms with Gasteiger partial charge in [-0.1, -0.05) is 113 Å². The minimum Gasteiger partial charge on any atom is -0.493 e. The van der Waals surface area contributed by atoms with Crippen LogP contribution in [0.4, 0.5) is 0 Å². The Hall–Kier alpha value is -3.68. The summed E-state index contributed by atoms with van der Waals surface area (Å²) in [7, 11) is -1.44. The van der Waals surface area contributed by atoms with Crippen LogP contribution in [-0.2, 0) is 32.3 Å². The van der Waals surface area contributed by atoms with E-state index in [0.29, 0.717) is 35.5 Å². The Morgan fingerprint density at radius 1 is 0.804 bits per heavy atom.